The Morgan fingerprint density at radius 3 is 2.38 bits per heavy atom. The van der Waals surface area contributed by atoms with E-state index in [1.807, 2.05) is 32.0 Å². The van der Waals surface area contributed by atoms with E-state index in [9.17, 15) is 14.7 Å². The van der Waals surface area contributed by atoms with Crippen LogP contribution in [0.25, 0.3) is 11.5 Å². The van der Waals surface area contributed by atoms with Crippen molar-refractivity contribution >= 4 is 23.4 Å². The number of hydrogen-bond acceptors (Lipinski definition) is 5. The number of carbonyl (C=O) groups excluding carboxylic acids is 1. The molecule has 0 fully saturated rings. The average Bonchev–Trinajstić information content (AvgIpc) is 3.17. The van der Waals surface area contributed by atoms with Gasteiger partial charge in [0.25, 0.3) is 0 Å². The van der Waals surface area contributed by atoms with E-state index in [1.54, 1.807) is 30.3 Å². The molecule has 3 rings (SSSR count). The number of carboxylic acid groups (broad SMARTS) is 1. The fraction of sp³-hybridized carbons (Fsp3) is 0.320. The number of Topliss-reactive ketones (excluding diaryl/α,β-unsaturated/α-hetero) is 1. The zero-order chi connectivity index (χ0) is 23.5. The summed E-state index contributed by atoms with van der Waals surface area (Å²) in [5, 5.41) is 9.73. The number of carboxylic acids is 1. The Bertz CT molecular complexity index is 1120. The highest BCUT2D eigenvalue weighted by molar-refractivity contribution is 6.33. The van der Waals surface area contributed by atoms with E-state index in [2.05, 4.69) is 4.98 Å². The summed E-state index contributed by atoms with van der Waals surface area (Å²) in [6.07, 6.45) is 0.694. The van der Waals surface area contributed by atoms with Crippen LogP contribution in [0.4, 0.5) is 0 Å². The summed E-state index contributed by atoms with van der Waals surface area (Å²) in [6.45, 7) is 6.96. The lowest BCUT2D eigenvalue weighted by molar-refractivity contribution is -0.152. The van der Waals surface area contributed by atoms with Crippen molar-refractivity contribution in [1.29, 1.82) is 0 Å². The summed E-state index contributed by atoms with van der Waals surface area (Å²) in [4.78, 5) is 28.5. The Balaban J connectivity index is 1.72. The highest BCUT2D eigenvalue weighted by atomic mass is 35.5. The van der Waals surface area contributed by atoms with Crippen LogP contribution in [0.15, 0.2) is 52.9 Å². The number of ketones is 1. The maximum absolute atomic E-state index is 12.7. The number of aromatic nitrogens is 1. The summed E-state index contributed by atoms with van der Waals surface area (Å²) in [7, 11) is 0. The first-order valence-electron chi connectivity index (χ1n) is 10.4. The van der Waals surface area contributed by atoms with Crippen molar-refractivity contribution in [2.75, 3.05) is 0 Å². The normalized spacial score (nSPS) is 11.6. The van der Waals surface area contributed by atoms with E-state index < -0.39 is 11.6 Å². The van der Waals surface area contributed by atoms with Gasteiger partial charge in [0, 0.05) is 24.3 Å². The number of aryl methyl sites for hydroxylation is 1. The number of carbonyl (C=O) groups is 2. The molecule has 3 aromatic rings. The number of hydrogen-bond donors (Lipinski definition) is 1. The van der Waals surface area contributed by atoms with Gasteiger partial charge >= 0.3 is 5.97 Å². The number of rotatable bonds is 9. The van der Waals surface area contributed by atoms with Crippen molar-refractivity contribution in [3.05, 3.63) is 70.6 Å². The smallest absolute Gasteiger partial charge is 0.347 e. The summed E-state index contributed by atoms with van der Waals surface area (Å²) in [5.41, 5.74) is 0.622. The van der Waals surface area contributed by atoms with Crippen LogP contribution >= 0.6 is 11.6 Å². The van der Waals surface area contributed by atoms with Gasteiger partial charge in [-0.2, -0.15) is 0 Å². The molecule has 0 saturated carbocycles. The topological polar surface area (TPSA) is 89.6 Å². The third kappa shape index (κ3) is 5.37. The van der Waals surface area contributed by atoms with Gasteiger partial charge in [-0.15, -0.1) is 0 Å². The summed E-state index contributed by atoms with van der Waals surface area (Å²) < 4.78 is 11.5. The van der Waals surface area contributed by atoms with Gasteiger partial charge in [0.1, 0.15) is 11.5 Å². The van der Waals surface area contributed by atoms with E-state index in [4.69, 9.17) is 20.8 Å². The van der Waals surface area contributed by atoms with Crippen LogP contribution in [0.3, 0.4) is 0 Å². The van der Waals surface area contributed by atoms with Crippen LogP contribution in [-0.4, -0.2) is 27.4 Å². The van der Waals surface area contributed by atoms with Crippen LogP contribution in [0.1, 0.15) is 61.8 Å². The Labute approximate surface area is 192 Å². The molecule has 0 aliphatic rings. The largest absolute Gasteiger partial charge is 0.478 e. The molecule has 0 aliphatic carbocycles. The van der Waals surface area contributed by atoms with Gasteiger partial charge in [0.2, 0.25) is 5.89 Å². The molecule has 32 heavy (non-hydrogen) atoms. The first kappa shape index (κ1) is 23.5. The van der Waals surface area contributed by atoms with E-state index >= 15 is 0 Å². The molecule has 0 spiro atoms. The standard InChI is InChI=1S/C25H26ClNO5/c1-15(2)22-20(27-23(31-22)18-7-5-6-8-19(18)26)13-14-21(28)16-9-11-17(12-10-16)32-25(3,4)24(29)30/h5-12,15H,13-14H2,1-4H3,(H,29,30). The Kier molecular flexibility index (Phi) is 7.04. The summed E-state index contributed by atoms with van der Waals surface area (Å²) in [5.74, 6) is 0.569. The molecule has 0 aliphatic heterocycles. The van der Waals surface area contributed by atoms with Crippen molar-refractivity contribution in [1.82, 2.24) is 4.98 Å². The highest BCUT2D eigenvalue weighted by Gasteiger charge is 2.29. The molecule has 0 radical (unpaired) electrons. The summed E-state index contributed by atoms with van der Waals surface area (Å²) in [6, 6.07) is 13.8. The number of nitrogens with zero attached hydrogens (tertiary/aromatic N) is 1. The van der Waals surface area contributed by atoms with Gasteiger partial charge in [-0.05, 0) is 50.2 Å². The molecule has 0 atom stereocenters. The zero-order valence-electron chi connectivity index (χ0n) is 18.5. The second-order valence-electron chi connectivity index (χ2n) is 8.33. The number of oxazole rings is 1. The Hall–Kier alpha value is -3.12. The molecule has 1 aromatic heterocycles. The number of halogens is 1. The van der Waals surface area contributed by atoms with Gasteiger partial charge in [-0.3, -0.25) is 4.79 Å². The molecule has 6 nitrogen and oxygen atoms in total. The predicted octanol–water partition coefficient (Wildman–Crippen LogP) is 6.18. The molecule has 0 unspecified atom stereocenters. The monoisotopic (exact) mass is 455 g/mol. The minimum absolute atomic E-state index is 0.0500. The summed E-state index contributed by atoms with van der Waals surface area (Å²) >= 11 is 6.28. The van der Waals surface area contributed by atoms with Crippen molar-refractivity contribution < 1.29 is 23.8 Å². The molecule has 2 aromatic carbocycles. The maximum Gasteiger partial charge on any atom is 0.347 e. The van der Waals surface area contributed by atoms with Crippen molar-refractivity contribution in [2.24, 2.45) is 0 Å². The third-order valence-corrected chi connectivity index (χ3v) is 5.34. The van der Waals surface area contributed by atoms with Crippen LogP contribution in [-0.2, 0) is 11.2 Å². The second-order valence-corrected chi connectivity index (χ2v) is 8.74. The van der Waals surface area contributed by atoms with Gasteiger partial charge in [-0.1, -0.05) is 37.6 Å². The van der Waals surface area contributed by atoms with Crippen LogP contribution in [0, 0.1) is 0 Å². The minimum atomic E-state index is -1.36. The molecular formula is C25H26ClNO5. The fourth-order valence-corrected chi connectivity index (χ4v) is 3.38. The zero-order valence-corrected chi connectivity index (χ0v) is 19.3. The lowest BCUT2D eigenvalue weighted by Crippen LogP contribution is -2.37. The molecule has 7 heteroatoms. The first-order chi connectivity index (χ1) is 15.1. The van der Waals surface area contributed by atoms with Gasteiger partial charge < -0.3 is 14.3 Å². The quantitative estimate of drug-likeness (QED) is 0.388. The SMILES string of the molecule is CC(C)c1oc(-c2ccccc2Cl)nc1CCC(=O)c1ccc(OC(C)(C)C(=O)O)cc1. The van der Waals surface area contributed by atoms with Crippen molar-refractivity contribution in [3.63, 3.8) is 0 Å². The van der Waals surface area contributed by atoms with E-state index in [0.717, 1.165) is 11.5 Å². The predicted molar refractivity (Wildman–Crippen MR) is 122 cm³/mol. The molecule has 0 amide bonds. The van der Waals surface area contributed by atoms with Crippen molar-refractivity contribution in [3.8, 4) is 17.2 Å². The lowest BCUT2D eigenvalue weighted by atomic mass is 10.0. The van der Waals surface area contributed by atoms with Crippen LogP contribution in [0.5, 0.6) is 5.75 Å². The molecule has 1 heterocycles. The first-order valence-corrected chi connectivity index (χ1v) is 10.8. The van der Waals surface area contributed by atoms with Gasteiger partial charge in [-0.25, -0.2) is 9.78 Å². The van der Waals surface area contributed by atoms with E-state index in [1.165, 1.54) is 13.8 Å². The second kappa shape index (κ2) is 9.57. The molecule has 168 valence electrons. The Morgan fingerprint density at radius 1 is 1.12 bits per heavy atom. The van der Waals surface area contributed by atoms with E-state index in [0.29, 0.717) is 34.2 Å². The lowest BCUT2D eigenvalue weighted by Gasteiger charge is -2.21. The fourth-order valence-electron chi connectivity index (χ4n) is 3.17. The molecule has 0 saturated heterocycles. The van der Waals surface area contributed by atoms with Gasteiger partial charge in [0.15, 0.2) is 11.4 Å². The molecule has 0 bridgehead atoms. The van der Waals surface area contributed by atoms with Crippen LogP contribution < -0.4 is 4.74 Å². The van der Waals surface area contributed by atoms with Gasteiger partial charge in [0.05, 0.1) is 16.3 Å². The van der Waals surface area contributed by atoms with E-state index in [-0.39, 0.29) is 18.1 Å². The number of aliphatic carboxylic acids is 1. The van der Waals surface area contributed by atoms with Crippen LogP contribution in [0.2, 0.25) is 5.02 Å². The minimum Gasteiger partial charge on any atom is -0.478 e. The average molecular weight is 456 g/mol. The highest BCUT2D eigenvalue weighted by Crippen LogP contribution is 2.32. The third-order valence-electron chi connectivity index (χ3n) is 5.01. The number of benzene rings is 2. The number of ether oxygens (including phenoxy) is 1. The maximum atomic E-state index is 12.7. The van der Waals surface area contributed by atoms with Crippen molar-refractivity contribution in [2.45, 2.75) is 52.1 Å². The molecular weight excluding hydrogens is 430 g/mol. The Morgan fingerprint density at radius 2 is 1.78 bits per heavy atom. The molecule has 1 N–H and O–H groups in total.